The predicted molar refractivity (Wildman–Crippen MR) is 85.1 cm³/mol. The number of pyridine rings is 1. The predicted octanol–water partition coefficient (Wildman–Crippen LogP) is 2.59. The van der Waals surface area contributed by atoms with Crippen molar-refractivity contribution in [3.63, 3.8) is 0 Å². The van der Waals surface area contributed by atoms with Crippen molar-refractivity contribution >= 4 is 17.1 Å². The normalized spacial score (nSPS) is 15.0. The lowest BCUT2D eigenvalue weighted by Gasteiger charge is -2.25. The fraction of sp³-hybridized carbons (Fsp3) is 0.235. The highest BCUT2D eigenvalue weighted by atomic mass is 16.7. The fourth-order valence-electron chi connectivity index (χ4n) is 2.70. The minimum Gasteiger partial charge on any atom is -0.283 e. The molecule has 3 heterocycles. The van der Waals surface area contributed by atoms with Crippen LogP contribution in [0.5, 0.6) is 0 Å². The molecule has 4 rings (SSSR count). The number of carbonyl (C=O) groups is 1. The van der Waals surface area contributed by atoms with E-state index < -0.39 is 0 Å². The number of imidazole rings is 1. The molecule has 0 saturated carbocycles. The molecule has 0 spiro atoms. The van der Waals surface area contributed by atoms with Gasteiger partial charge in [-0.3, -0.25) is 14.2 Å². The summed E-state index contributed by atoms with van der Waals surface area (Å²) in [4.78, 5) is 26.7. The number of para-hydroxylation sites is 1. The van der Waals surface area contributed by atoms with Crippen molar-refractivity contribution in [3.8, 4) is 5.69 Å². The number of hydroxylamine groups is 2. The highest BCUT2D eigenvalue weighted by Crippen LogP contribution is 2.18. The molecule has 6 nitrogen and oxygen atoms in total. The molecule has 1 aliphatic rings. The molecule has 116 valence electrons. The van der Waals surface area contributed by atoms with Crippen LogP contribution in [0.1, 0.15) is 23.2 Å². The third kappa shape index (κ3) is 2.57. The van der Waals surface area contributed by atoms with Crippen LogP contribution < -0.4 is 0 Å². The van der Waals surface area contributed by atoms with Crippen molar-refractivity contribution in [3.05, 3.63) is 54.5 Å². The van der Waals surface area contributed by atoms with Gasteiger partial charge in [0, 0.05) is 18.4 Å². The molecule has 1 aliphatic heterocycles. The van der Waals surface area contributed by atoms with Crippen molar-refractivity contribution in [1.29, 1.82) is 0 Å². The molecule has 3 aromatic rings. The van der Waals surface area contributed by atoms with Crippen molar-refractivity contribution < 1.29 is 9.63 Å². The van der Waals surface area contributed by atoms with Crippen LogP contribution in [-0.2, 0) is 4.84 Å². The average molecular weight is 308 g/mol. The lowest BCUT2D eigenvalue weighted by Crippen LogP contribution is -2.35. The maximum atomic E-state index is 12.4. The summed E-state index contributed by atoms with van der Waals surface area (Å²) in [6, 6.07) is 11.6. The van der Waals surface area contributed by atoms with Gasteiger partial charge in [-0.25, -0.2) is 15.0 Å². The maximum Gasteiger partial charge on any atom is 0.279 e. The maximum absolute atomic E-state index is 12.4. The topological polar surface area (TPSA) is 60.2 Å². The van der Waals surface area contributed by atoms with E-state index in [4.69, 9.17) is 4.84 Å². The average Bonchev–Trinajstić information content (AvgIpc) is 3.06. The van der Waals surface area contributed by atoms with E-state index in [-0.39, 0.29) is 5.91 Å². The molecule has 2 aromatic heterocycles. The quantitative estimate of drug-likeness (QED) is 0.730. The number of fused-ring (bicyclic) bond motifs is 1. The Balaban J connectivity index is 1.68. The Morgan fingerprint density at radius 2 is 2.00 bits per heavy atom. The van der Waals surface area contributed by atoms with E-state index in [0.717, 1.165) is 24.2 Å². The summed E-state index contributed by atoms with van der Waals surface area (Å²) >= 11 is 0. The van der Waals surface area contributed by atoms with E-state index in [2.05, 4.69) is 9.97 Å². The standard InChI is InChI=1S/C17H16N4O2/c22-17(21-8-4-5-9-23-21)13-10-15-16(18-11-13)20(12-19-15)14-6-2-1-3-7-14/h1-3,6-7,10-12H,4-5,8-9H2. The lowest BCUT2D eigenvalue weighted by atomic mass is 10.2. The highest BCUT2D eigenvalue weighted by Gasteiger charge is 2.20. The molecule has 0 atom stereocenters. The van der Waals surface area contributed by atoms with Gasteiger partial charge in [0.15, 0.2) is 5.65 Å². The molecule has 23 heavy (non-hydrogen) atoms. The van der Waals surface area contributed by atoms with Gasteiger partial charge in [-0.05, 0) is 31.0 Å². The number of aromatic nitrogens is 3. The molecule has 6 heteroatoms. The van der Waals surface area contributed by atoms with Gasteiger partial charge >= 0.3 is 0 Å². The van der Waals surface area contributed by atoms with E-state index in [1.807, 2.05) is 34.9 Å². The molecular formula is C17H16N4O2. The molecule has 0 aliphatic carbocycles. The Labute approximate surface area is 133 Å². The molecule has 1 fully saturated rings. The Hall–Kier alpha value is -2.73. The molecule has 0 radical (unpaired) electrons. The number of rotatable bonds is 2. The van der Waals surface area contributed by atoms with Crippen molar-refractivity contribution in [2.24, 2.45) is 0 Å². The minimum absolute atomic E-state index is 0.159. The summed E-state index contributed by atoms with van der Waals surface area (Å²) in [5.74, 6) is -0.159. The number of hydrogen-bond acceptors (Lipinski definition) is 4. The Bertz CT molecular complexity index is 838. The van der Waals surface area contributed by atoms with E-state index >= 15 is 0 Å². The second-order valence-corrected chi connectivity index (χ2v) is 5.46. The summed E-state index contributed by atoms with van der Waals surface area (Å²) in [6.07, 6.45) is 5.26. The van der Waals surface area contributed by atoms with Gasteiger partial charge in [0.2, 0.25) is 0 Å². The molecule has 0 N–H and O–H groups in total. The van der Waals surface area contributed by atoms with E-state index in [1.54, 1.807) is 18.6 Å². The van der Waals surface area contributed by atoms with Crippen LogP contribution in [0.2, 0.25) is 0 Å². The Morgan fingerprint density at radius 3 is 2.78 bits per heavy atom. The molecule has 0 bridgehead atoms. The van der Waals surface area contributed by atoms with Crippen LogP contribution in [0.25, 0.3) is 16.9 Å². The first-order valence-electron chi connectivity index (χ1n) is 7.66. The van der Waals surface area contributed by atoms with Gasteiger partial charge in [0.1, 0.15) is 11.8 Å². The second kappa shape index (κ2) is 5.81. The molecule has 0 unspecified atom stereocenters. The second-order valence-electron chi connectivity index (χ2n) is 5.46. The van der Waals surface area contributed by atoms with Crippen molar-refractivity contribution in [2.45, 2.75) is 12.8 Å². The lowest BCUT2D eigenvalue weighted by molar-refractivity contribution is -0.144. The SMILES string of the molecule is O=C(c1cnc2c(c1)ncn2-c1ccccc1)N1CCCCO1. The zero-order valence-electron chi connectivity index (χ0n) is 12.6. The van der Waals surface area contributed by atoms with Gasteiger partial charge in [-0.15, -0.1) is 0 Å². The van der Waals surface area contributed by atoms with Crippen molar-refractivity contribution in [2.75, 3.05) is 13.2 Å². The smallest absolute Gasteiger partial charge is 0.279 e. The van der Waals surface area contributed by atoms with Gasteiger partial charge in [-0.1, -0.05) is 18.2 Å². The first-order chi connectivity index (χ1) is 11.3. The third-order valence-electron chi connectivity index (χ3n) is 3.90. The number of amides is 1. The van der Waals surface area contributed by atoms with E-state index in [9.17, 15) is 4.79 Å². The van der Waals surface area contributed by atoms with Crippen LogP contribution >= 0.6 is 0 Å². The summed E-state index contributed by atoms with van der Waals surface area (Å²) in [5, 5.41) is 1.42. The summed E-state index contributed by atoms with van der Waals surface area (Å²) in [5.41, 5.74) is 2.91. The third-order valence-corrected chi connectivity index (χ3v) is 3.90. The number of carbonyl (C=O) groups excluding carboxylic acids is 1. The number of nitrogens with zero attached hydrogens (tertiary/aromatic N) is 4. The fourth-order valence-corrected chi connectivity index (χ4v) is 2.70. The zero-order chi connectivity index (χ0) is 15.6. The molecular weight excluding hydrogens is 292 g/mol. The molecule has 1 saturated heterocycles. The summed E-state index contributed by atoms with van der Waals surface area (Å²) < 4.78 is 1.90. The number of hydrogen-bond donors (Lipinski definition) is 0. The monoisotopic (exact) mass is 308 g/mol. The van der Waals surface area contributed by atoms with Crippen LogP contribution in [0.4, 0.5) is 0 Å². The highest BCUT2D eigenvalue weighted by molar-refractivity contribution is 5.95. The van der Waals surface area contributed by atoms with E-state index in [0.29, 0.717) is 24.2 Å². The number of benzene rings is 1. The molecule has 1 aromatic carbocycles. The Morgan fingerprint density at radius 1 is 1.13 bits per heavy atom. The Kier molecular flexibility index (Phi) is 3.51. The summed E-state index contributed by atoms with van der Waals surface area (Å²) in [6.45, 7) is 1.21. The van der Waals surface area contributed by atoms with Crippen LogP contribution in [-0.4, -0.2) is 38.7 Å². The van der Waals surface area contributed by atoms with Crippen LogP contribution in [0, 0.1) is 0 Å². The first kappa shape index (κ1) is 13.9. The minimum atomic E-state index is -0.159. The van der Waals surface area contributed by atoms with Crippen LogP contribution in [0.15, 0.2) is 48.9 Å². The van der Waals surface area contributed by atoms with Gasteiger partial charge < -0.3 is 0 Å². The van der Waals surface area contributed by atoms with Crippen molar-refractivity contribution in [1.82, 2.24) is 19.6 Å². The van der Waals surface area contributed by atoms with Gasteiger partial charge in [0.05, 0.1) is 12.2 Å². The largest absolute Gasteiger partial charge is 0.283 e. The zero-order valence-corrected chi connectivity index (χ0v) is 12.6. The first-order valence-corrected chi connectivity index (χ1v) is 7.66. The summed E-state index contributed by atoms with van der Waals surface area (Å²) in [7, 11) is 0. The molecule has 1 amide bonds. The van der Waals surface area contributed by atoms with Gasteiger partial charge in [-0.2, -0.15) is 0 Å². The van der Waals surface area contributed by atoms with E-state index in [1.165, 1.54) is 5.06 Å². The van der Waals surface area contributed by atoms with Crippen LogP contribution in [0.3, 0.4) is 0 Å². The van der Waals surface area contributed by atoms with Gasteiger partial charge in [0.25, 0.3) is 5.91 Å².